The molecule has 214 valence electrons. The van der Waals surface area contributed by atoms with Gasteiger partial charge in [-0.05, 0) is 71.8 Å². The van der Waals surface area contributed by atoms with E-state index in [1.54, 1.807) is 31.4 Å². The molecule has 1 fully saturated rings. The first kappa shape index (κ1) is 25.8. The van der Waals surface area contributed by atoms with E-state index in [0.717, 1.165) is 27.7 Å². The Hall–Kier alpha value is -4.89. The molecule has 9 nitrogen and oxygen atoms in total. The van der Waals surface area contributed by atoms with Crippen LogP contribution < -0.4 is 14.2 Å². The molecule has 0 spiro atoms. The van der Waals surface area contributed by atoms with Gasteiger partial charge in [0.15, 0.2) is 11.5 Å². The van der Waals surface area contributed by atoms with Crippen LogP contribution in [0.1, 0.15) is 39.1 Å². The van der Waals surface area contributed by atoms with Crippen molar-refractivity contribution in [2.24, 2.45) is 11.8 Å². The van der Waals surface area contributed by atoms with Gasteiger partial charge in [-0.2, -0.15) is 0 Å². The highest BCUT2D eigenvalue weighted by Gasteiger charge is 2.54. The molecule has 0 N–H and O–H groups in total. The van der Waals surface area contributed by atoms with Crippen molar-refractivity contribution in [1.82, 2.24) is 9.97 Å². The lowest BCUT2D eigenvalue weighted by Crippen LogP contribution is -2.36. The number of para-hydroxylation sites is 2. The fourth-order valence-corrected chi connectivity index (χ4v) is 6.61. The van der Waals surface area contributed by atoms with E-state index in [0.29, 0.717) is 38.9 Å². The minimum Gasteiger partial charge on any atom is -0.494 e. The fourth-order valence-electron chi connectivity index (χ4n) is 6.48. The third-order valence-corrected chi connectivity index (χ3v) is 8.70. The Morgan fingerprint density at radius 3 is 2.35 bits per heavy atom. The number of rotatable bonds is 4. The monoisotopic (exact) mass is 594 g/mol. The lowest BCUT2D eigenvalue weighted by Gasteiger charge is -2.38. The van der Waals surface area contributed by atoms with Crippen LogP contribution in [0.15, 0.2) is 72.8 Å². The van der Waals surface area contributed by atoms with Gasteiger partial charge in [-0.15, -0.1) is 0 Å². The van der Waals surface area contributed by atoms with Gasteiger partial charge < -0.3 is 23.7 Å². The maximum absolute atomic E-state index is 13.5. The van der Waals surface area contributed by atoms with Crippen LogP contribution in [0.25, 0.3) is 22.1 Å². The van der Waals surface area contributed by atoms with Gasteiger partial charge >= 0.3 is 11.9 Å². The van der Waals surface area contributed by atoms with E-state index in [-0.39, 0.29) is 19.4 Å². The van der Waals surface area contributed by atoms with Crippen molar-refractivity contribution in [1.29, 1.82) is 0 Å². The maximum Gasteiger partial charge on any atom is 0.338 e. The fraction of sp³-hybridized carbons (Fsp3) is 0.212. The highest BCUT2D eigenvalue weighted by Crippen LogP contribution is 2.56. The summed E-state index contributed by atoms with van der Waals surface area (Å²) in [6.07, 6.45) is -0.772. The van der Waals surface area contributed by atoms with Crippen molar-refractivity contribution in [3.63, 3.8) is 0 Å². The molecule has 3 aliphatic rings. The summed E-state index contributed by atoms with van der Waals surface area (Å²) in [5, 5.41) is 0.508. The smallest absolute Gasteiger partial charge is 0.338 e. The first-order chi connectivity index (χ1) is 21.0. The molecular weight excluding hydrogens is 572 g/mol. The van der Waals surface area contributed by atoms with Gasteiger partial charge in [0.1, 0.15) is 17.4 Å². The predicted octanol–water partition coefficient (Wildman–Crippen LogP) is 6.01. The number of aromatic nitrogens is 2. The second kappa shape index (κ2) is 9.84. The Bertz CT molecular complexity index is 1960. The molecule has 0 unspecified atom stereocenters. The van der Waals surface area contributed by atoms with E-state index in [9.17, 15) is 9.59 Å². The van der Waals surface area contributed by atoms with Crippen molar-refractivity contribution in [3.05, 3.63) is 100 Å². The van der Waals surface area contributed by atoms with Crippen LogP contribution in [0.3, 0.4) is 0 Å². The standard InChI is InChI=1S/C33H23ClN2O7/c1-39-27-11-17(10-24-30(27)36-23-5-3-2-4-22(23)35-24)28-19-12-25-26(42-15-41-25)13-20(19)31(21-14-40-33(38)29(21)28)43-32(37)16-6-8-18(34)9-7-16/h2-13,21,28-29,31H,14-15H2,1H3/t21-,28+,29-,31+/m0/s1. The summed E-state index contributed by atoms with van der Waals surface area (Å²) in [4.78, 5) is 36.5. The van der Waals surface area contributed by atoms with Gasteiger partial charge in [0.05, 0.1) is 41.7 Å². The van der Waals surface area contributed by atoms with E-state index < -0.39 is 29.8 Å². The lowest BCUT2D eigenvalue weighted by molar-refractivity contribution is -0.141. The molecule has 4 atom stereocenters. The minimum atomic E-state index is -0.772. The Kier molecular flexibility index (Phi) is 5.90. The third kappa shape index (κ3) is 4.14. The van der Waals surface area contributed by atoms with Gasteiger partial charge in [-0.25, -0.2) is 14.8 Å². The number of hydrogen-bond donors (Lipinski definition) is 0. The maximum atomic E-state index is 13.5. The van der Waals surface area contributed by atoms with Crippen LogP contribution in [0.4, 0.5) is 0 Å². The molecule has 0 radical (unpaired) electrons. The summed E-state index contributed by atoms with van der Waals surface area (Å²) in [7, 11) is 1.58. The van der Waals surface area contributed by atoms with Crippen LogP contribution in [-0.4, -0.2) is 42.4 Å². The number of nitrogens with zero attached hydrogens (tertiary/aromatic N) is 2. The average Bonchev–Trinajstić information content (AvgIpc) is 3.65. The Labute approximate surface area is 250 Å². The zero-order valence-electron chi connectivity index (χ0n) is 22.8. The highest BCUT2D eigenvalue weighted by atomic mass is 35.5. The number of methoxy groups -OCH3 is 1. The number of halogens is 1. The van der Waals surface area contributed by atoms with Crippen molar-refractivity contribution >= 4 is 45.6 Å². The number of esters is 2. The van der Waals surface area contributed by atoms with Crippen LogP contribution in [0, 0.1) is 11.8 Å². The number of carbonyl (C=O) groups excluding carboxylic acids is 2. The molecule has 2 aliphatic heterocycles. The molecule has 0 bridgehead atoms. The van der Waals surface area contributed by atoms with Gasteiger partial charge in [-0.1, -0.05) is 23.7 Å². The zero-order chi connectivity index (χ0) is 29.2. The topological polar surface area (TPSA) is 106 Å². The summed E-state index contributed by atoms with van der Waals surface area (Å²) in [6, 6.07) is 21.7. The molecule has 1 saturated heterocycles. The highest BCUT2D eigenvalue weighted by molar-refractivity contribution is 6.30. The van der Waals surface area contributed by atoms with Crippen LogP contribution in [-0.2, 0) is 14.3 Å². The molecule has 3 heterocycles. The SMILES string of the molecule is COc1cc([C@@H]2c3cc4c(cc3[C@@H](OC(=O)c3ccc(Cl)cc3)[C@H]3COC(=O)[C@H]23)OCO4)cc2nc3ccccc3nc12. The summed E-state index contributed by atoms with van der Waals surface area (Å²) in [6.45, 7) is 0.168. The lowest BCUT2D eigenvalue weighted by atomic mass is 9.66. The van der Waals surface area contributed by atoms with Gasteiger partial charge in [0.2, 0.25) is 6.79 Å². The third-order valence-electron chi connectivity index (χ3n) is 8.44. The second-order valence-electron chi connectivity index (χ2n) is 10.8. The van der Waals surface area contributed by atoms with E-state index in [2.05, 4.69) is 0 Å². The molecule has 0 saturated carbocycles. The second-order valence-corrected chi connectivity index (χ2v) is 11.2. The Balaban J connectivity index is 1.31. The zero-order valence-corrected chi connectivity index (χ0v) is 23.5. The first-order valence-electron chi connectivity index (χ1n) is 13.8. The van der Waals surface area contributed by atoms with Crippen molar-refractivity contribution in [2.75, 3.05) is 20.5 Å². The number of cyclic esters (lactones) is 1. The molecule has 10 heteroatoms. The number of hydrogen-bond acceptors (Lipinski definition) is 9. The molecule has 8 rings (SSSR count). The van der Waals surface area contributed by atoms with Crippen LogP contribution >= 0.6 is 11.6 Å². The average molecular weight is 595 g/mol. The minimum absolute atomic E-state index is 0.0689. The van der Waals surface area contributed by atoms with Crippen LogP contribution in [0.2, 0.25) is 5.02 Å². The largest absolute Gasteiger partial charge is 0.494 e. The van der Waals surface area contributed by atoms with Crippen molar-refractivity contribution < 1.29 is 33.3 Å². The summed E-state index contributed by atoms with van der Waals surface area (Å²) >= 11 is 6.03. The number of fused-ring (bicyclic) bond motifs is 5. The van der Waals surface area contributed by atoms with E-state index in [1.165, 1.54) is 0 Å². The van der Waals surface area contributed by atoms with E-state index in [1.807, 2.05) is 48.5 Å². The number of benzene rings is 4. The Morgan fingerprint density at radius 2 is 1.60 bits per heavy atom. The molecule has 1 aromatic heterocycles. The van der Waals surface area contributed by atoms with Crippen LogP contribution in [0.5, 0.6) is 17.2 Å². The predicted molar refractivity (Wildman–Crippen MR) is 156 cm³/mol. The number of ether oxygens (including phenoxy) is 5. The normalized spacial score (nSPS) is 21.8. The van der Waals surface area contributed by atoms with E-state index in [4.69, 9.17) is 45.3 Å². The summed E-state index contributed by atoms with van der Waals surface area (Å²) in [5.41, 5.74) is 5.39. The Morgan fingerprint density at radius 1 is 0.884 bits per heavy atom. The summed E-state index contributed by atoms with van der Waals surface area (Å²) in [5.74, 6) is -0.839. The quantitative estimate of drug-likeness (QED) is 0.183. The number of carbonyl (C=O) groups is 2. The summed E-state index contributed by atoms with van der Waals surface area (Å²) < 4.78 is 29.1. The molecule has 43 heavy (non-hydrogen) atoms. The molecular formula is C33H23ClN2O7. The van der Waals surface area contributed by atoms with Gasteiger partial charge in [-0.3, -0.25) is 4.79 Å². The molecule has 0 amide bonds. The van der Waals surface area contributed by atoms with Gasteiger partial charge in [0, 0.05) is 22.4 Å². The molecule has 1 aliphatic carbocycles. The van der Waals surface area contributed by atoms with Gasteiger partial charge in [0.25, 0.3) is 0 Å². The van der Waals surface area contributed by atoms with Crippen molar-refractivity contribution in [3.8, 4) is 17.2 Å². The first-order valence-corrected chi connectivity index (χ1v) is 14.2. The molecule has 4 aromatic carbocycles. The van der Waals surface area contributed by atoms with E-state index >= 15 is 0 Å². The molecule has 5 aromatic rings. The van der Waals surface area contributed by atoms with Crippen molar-refractivity contribution in [2.45, 2.75) is 12.0 Å².